The van der Waals surface area contributed by atoms with E-state index < -0.39 is 0 Å². The third-order valence-corrected chi connectivity index (χ3v) is 1.47. The molecule has 2 aliphatic heterocycles. The average molecular weight is 134 g/mol. The van der Waals surface area contributed by atoms with Gasteiger partial charge < -0.3 is 4.90 Å². The van der Waals surface area contributed by atoms with Gasteiger partial charge in [-0.2, -0.15) is 0 Å². The number of rotatable bonds is 0. The van der Waals surface area contributed by atoms with E-state index in [9.17, 15) is 4.79 Å². The van der Waals surface area contributed by atoms with Crippen molar-refractivity contribution in [2.75, 3.05) is 6.54 Å². The van der Waals surface area contributed by atoms with Crippen molar-refractivity contribution in [3.63, 3.8) is 0 Å². The zero-order valence-corrected chi connectivity index (χ0v) is 5.32. The predicted octanol–water partition coefficient (Wildman–Crippen LogP) is 0.311. The number of allylic oxidation sites excluding steroid dienone is 1. The van der Waals surface area contributed by atoms with Crippen LogP contribution in [-0.4, -0.2) is 23.4 Å². The second kappa shape index (κ2) is 1.80. The van der Waals surface area contributed by atoms with Gasteiger partial charge in [0.15, 0.2) is 5.78 Å². The van der Waals surface area contributed by atoms with Crippen molar-refractivity contribution in [1.29, 1.82) is 0 Å². The second-order valence-corrected chi connectivity index (χ2v) is 2.22. The van der Waals surface area contributed by atoms with E-state index in [0.717, 1.165) is 5.82 Å². The fraction of sp³-hybridized carbons (Fsp3) is 0.143. The van der Waals surface area contributed by atoms with Gasteiger partial charge in [0.1, 0.15) is 5.82 Å². The summed E-state index contributed by atoms with van der Waals surface area (Å²) in [6.45, 7) is 0.448. The van der Waals surface area contributed by atoms with Gasteiger partial charge in [0.25, 0.3) is 0 Å². The molecule has 50 valence electrons. The monoisotopic (exact) mass is 134 g/mol. The van der Waals surface area contributed by atoms with Gasteiger partial charge in [-0.15, -0.1) is 0 Å². The number of fused-ring (bicyclic) bond motifs is 1. The van der Waals surface area contributed by atoms with Crippen LogP contribution in [0.2, 0.25) is 0 Å². The topological polar surface area (TPSA) is 32.7 Å². The van der Waals surface area contributed by atoms with Gasteiger partial charge in [-0.05, 0) is 6.08 Å². The number of carbonyl (C=O) groups excluding carboxylic acids is 1. The highest BCUT2D eigenvalue weighted by atomic mass is 16.1. The summed E-state index contributed by atoms with van der Waals surface area (Å²) in [5.41, 5.74) is 0. The Hall–Kier alpha value is -1.38. The lowest BCUT2D eigenvalue weighted by Gasteiger charge is -2.14. The van der Waals surface area contributed by atoms with E-state index in [4.69, 9.17) is 0 Å². The Kier molecular flexibility index (Phi) is 0.974. The minimum atomic E-state index is 0.124. The first kappa shape index (κ1) is 5.41. The van der Waals surface area contributed by atoms with Crippen molar-refractivity contribution < 1.29 is 4.79 Å². The Bertz CT molecular complexity index is 263. The molecule has 2 rings (SSSR count). The molecule has 0 amide bonds. The average Bonchev–Trinajstić information content (AvgIpc) is 2.27. The Morgan fingerprint density at radius 3 is 3.30 bits per heavy atom. The number of ketones is 1. The van der Waals surface area contributed by atoms with E-state index >= 15 is 0 Å². The normalized spacial score (nSPS) is 21.4. The quantitative estimate of drug-likeness (QED) is 0.477. The van der Waals surface area contributed by atoms with Crippen LogP contribution in [0.15, 0.2) is 29.2 Å². The van der Waals surface area contributed by atoms with Crippen LogP contribution in [0.4, 0.5) is 0 Å². The van der Waals surface area contributed by atoms with Crippen LogP contribution in [0, 0.1) is 0 Å². The summed E-state index contributed by atoms with van der Waals surface area (Å²) in [6, 6.07) is 0. The van der Waals surface area contributed by atoms with Gasteiger partial charge in [-0.1, -0.05) is 0 Å². The summed E-state index contributed by atoms with van der Waals surface area (Å²) in [7, 11) is 0. The predicted molar refractivity (Wildman–Crippen MR) is 37.4 cm³/mol. The third kappa shape index (κ3) is 0.673. The fourth-order valence-electron chi connectivity index (χ4n) is 1.02. The molecule has 0 atom stereocenters. The van der Waals surface area contributed by atoms with Crippen LogP contribution in [0.1, 0.15) is 0 Å². The number of nitrogens with zero attached hydrogens (tertiary/aromatic N) is 2. The van der Waals surface area contributed by atoms with E-state index in [-0.39, 0.29) is 5.78 Å². The summed E-state index contributed by atoms with van der Waals surface area (Å²) in [5.74, 6) is 0.881. The molecule has 0 aromatic rings. The summed E-state index contributed by atoms with van der Waals surface area (Å²) < 4.78 is 0. The van der Waals surface area contributed by atoms with Crippen LogP contribution >= 0.6 is 0 Å². The van der Waals surface area contributed by atoms with Crippen LogP contribution in [0.3, 0.4) is 0 Å². The minimum Gasteiger partial charge on any atom is -0.325 e. The molecule has 0 spiro atoms. The molecule has 2 heterocycles. The van der Waals surface area contributed by atoms with Crippen molar-refractivity contribution in [2.45, 2.75) is 0 Å². The molecule has 0 bridgehead atoms. The smallest absolute Gasteiger partial charge is 0.179 e. The molecule has 3 heteroatoms. The molecule has 0 radical (unpaired) electrons. The SMILES string of the molecule is O=C1C=C2N=CC=CN2C1. The summed E-state index contributed by atoms with van der Waals surface area (Å²) in [4.78, 5) is 16.6. The molecule has 0 aromatic carbocycles. The number of carbonyl (C=O) groups is 1. The molecule has 0 saturated carbocycles. The standard InChI is InChI=1S/C7H6N2O/c10-6-4-7-8-2-1-3-9(7)5-6/h1-4H,5H2. The van der Waals surface area contributed by atoms with Gasteiger partial charge in [-0.25, -0.2) is 4.99 Å². The summed E-state index contributed by atoms with van der Waals surface area (Å²) >= 11 is 0. The molecule has 2 aliphatic rings. The first-order valence-corrected chi connectivity index (χ1v) is 3.08. The van der Waals surface area contributed by atoms with Crippen molar-refractivity contribution >= 4 is 12.0 Å². The highest BCUT2D eigenvalue weighted by Crippen LogP contribution is 2.15. The van der Waals surface area contributed by atoms with Crippen LogP contribution in [-0.2, 0) is 4.79 Å². The Morgan fingerprint density at radius 2 is 2.50 bits per heavy atom. The van der Waals surface area contributed by atoms with Crippen LogP contribution in [0.25, 0.3) is 0 Å². The van der Waals surface area contributed by atoms with Gasteiger partial charge in [-0.3, -0.25) is 4.79 Å². The molecule has 0 aromatic heterocycles. The minimum absolute atomic E-state index is 0.124. The zero-order valence-electron chi connectivity index (χ0n) is 5.32. The Balaban J connectivity index is 2.37. The van der Waals surface area contributed by atoms with Gasteiger partial charge in [0.05, 0.1) is 6.54 Å². The van der Waals surface area contributed by atoms with Crippen molar-refractivity contribution in [3.8, 4) is 0 Å². The first-order valence-electron chi connectivity index (χ1n) is 3.08. The molecule has 3 nitrogen and oxygen atoms in total. The van der Waals surface area contributed by atoms with Crippen LogP contribution in [0.5, 0.6) is 0 Å². The molecule has 0 N–H and O–H groups in total. The largest absolute Gasteiger partial charge is 0.325 e. The van der Waals surface area contributed by atoms with Gasteiger partial charge in [0, 0.05) is 18.5 Å². The van der Waals surface area contributed by atoms with Gasteiger partial charge >= 0.3 is 0 Å². The molecule has 0 unspecified atom stereocenters. The molecular weight excluding hydrogens is 128 g/mol. The molecule has 0 aliphatic carbocycles. The van der Waals surface area contributed by atoms with E-state index in [1.807, 2.05) is 17.2 Å². The number of hydrogen-bond acceptors (Lipinski definition) is 3. The molecule has 0 saturated heterocycles. The lowest BCUT2D eigenvalue weighted by molar-refractivity contribution is -0.113. The Labute approximate surface area is 58.4 Å². The summed E-state index contributed by atoms with van der Waals surface area (Å²) in [5, 5.41) is 0. The van der Waals surface area contributed by atoms with E-state index in [1.165, 1.54) is 0 Å². The zero-order chi connectivity index (χ0) is 6.97. The Morgan fingerprint density at radius 1 is 1.60 bits per heavy atom. The first-order chi connectivity index (χ1) is 4.86. The van der Waals surface area contributed by atoms with E-state index in [1.54, 1.807) is 12.3 Å². The summed E-state index contributed by atoms with van der Waals surface area (Å²) in [6.07, 6.45) is 6.90. The third-order valence-electron chi connectivity index (χ3n) is 1.47. The molecular formula is C7H6N2O. The maximum Gasteiger partial charge on any atom is 0.179 e. The number of aliphatic imine (C=N–C) groups is 1. The second-order valence-electron chi connectivity index (χ2n) is 2.22. The van der Waals surface area contributed by atoms with E-state index in [2.05, 4.69) is 4.99 Å². The van der Waals surface area contributed by atoms with E-state index in [0.29, 0.717) is 6.54 Å². The number of hydrogen-bond donors (Lipinski definition) is 0. The van der Waals surface area contributed by atoms with Crippen molar-refractivity contribution in [3.05, 3.63) is 24.2 Å². The van der Waals surface area contributed by atoms with Crippen molar-refractivity contribution in [2.24, 2.45) is 4.99 Å². The van der Waals surface area contributed by atoms with Gasteiger partial charge in [0.2, 0.25) is 0 Å². The molecule has 10 heavy (non-hydrogen) atoms. The maximum absolute atomic E-state index is 10.8. The maximum atomic E-state index is 10.8. The lowest BCUT2D eigenvalue weighted by Crippen LogP contribution is -2.16. The highest BCUT2D eigenvalue weighted by molar-refractivity contribution is 5.95. The molecule has 0 fully saturated rings. The van der Waals surface area contributed by atoms with Crippen LogP contribution < -0.4 is 0 Å². The highest BCUT2D eigenvalue weighted by Gasteiger charge is 2.18. The van der Waals surface area contributed by atoms with Crippen molar-refractivity contribution in [1.82, 2.24) is 4.90 Å². The fourth-order valence-corrected chi connectivity index (χ4v) is 1.02. The lowest BCUT2D eigenvalue weighted by atomic mass is 10.4.